The summed E-state index contributed by atoms with van der Waals surface area (Å²) in [5.74, 6) is -0.678. The van der Waals surface area contributed by atoms with Gasteiger partial charge < -0.3 is 4.74 Å². The van der Waals surface area contributed by atoms with Crippen molar-refractivity contribution in [2.24, 2.45) is 0 Å². The van der Waals surface area contributed by atoms with E-state index >= 15 is 0 Å². The minimum absolute atomic E-state index is 0.000386. The number of allylic oxidation sites excluding steroid dienone is 3. The molecule has 2 rings (SSSR count). The first-order valence-corrected chi connectivity index (χ1v) is 7.13. The molecule has 2 bridgehead atoms. The fraction of sp³-hybridized carbons (Fsp3) is 0.500. The lowest BCUT2D eigenvalue weighted by Gasteiger charge is -2.32. The maximum atomic E-state index is 11.8. The van der Waals surface area contributed by atoms with Gasteiger partial charge in [-0.3, -0.25) is 0 Å². The van der Waals surface area contributed by atoms with Crippen LogP contribution in [0, 0.1) is 0 Å². The molecule has 2 nitrogen and oxygen atoms in total. The molecule has 8 heteroatoms. The van der Waals surface area contributed by atoms with Crippen molar-refractivity contribution >= 4 is 75.6 Å². The number of alkyl halides is 4. The molecule has 0 saturated carbocycles. The molecule has 0 saturated heterocycles. The van der Waals surface area contributed by atoms with Gasteiger partial charge in [-0.25, -0.2) is 4.79 Å². The van der Waals surface area contributed by atoms with Crippen LogP contribution in [0.25, 0.3) is 0 Å². The number of esters is 1. The molecule has 100 valence electrons. The van der Waals surface area contributed by atoms with Crippen molar-refractivity contribution < 1.29 is 9.53 Å². The zero-order valence-electron chi connectivity index (χ0n) is 8.87. The smallest absolute Gasteiger partial charge is 0.336 e. The first kappa shape index (κ1) is 15.1. The quantitative estimate of drug-likeness (QED) is 0.534. The van der Waals surface area contributed by atoms with E-state index in [-0.39, 0.29) is 22.2 Å². The Morgan fingerprint density at radius 2 is 1.78 bits per heavy atom. The standard InChI is InChI=1S/C10H6Cl6O2/c1-2-18-7(17)4-3-8(13)5(11)6(12)9(4,14)10(8,15)16/h3H,2H2,1H3/t8-,9+/m1/s1. The molecule has 18 heavy (non-hydrogen) atoms. The largest absolute Gasteiger partial charge is 0.463 e. The normalized spacial score (nSPS) is 36.9. The van der Waals surface area contributed by atoms with Gasteiger partial charge in [-0.1, -0.05) is 46.4 Å². The number of hydrogen-bond acceptors (Lipinski definition) is 2. The van der Waals surface area contributed by atoms with Crippen molar-refractivity contribution in [3.05, 3.63) is 21.7 Å². The summed E-state index contributed by atoms with van der Waals surface area (Å²) < 4.78 is 3.11. The van der Waals surface area contributed by atoms with Crippen molar-refractivity contribution in [3.8, 4) is 0 Å². The van der Waals surface area contributed by atoms with Crippen molar-refractivity contribution in [1.29, 1.82) is 0 Å². The summed E-state index contributed by atoms with van der Waals surface area (Å²) in [4.78, 5) is 8.63. The summed E-state index contributed by atoms with van der Waals surface area (Å²) in [6.45, 7) is 1.83. The lowest BCUT2D eigenvalue weighted by atomic mass is 10.0. The van der Waals surface area contributed by atoms with Crippen LogP contribution in [0.3, 0.4) is 0 Å². The van der Waals surface area contributed by atoms with Gasteiger partial charge >= 0.3 is 5.97 Å². The molecule has 0 heterocycles. The van der Waals surface area contributed by atoms with Crippen molar-refractivity contribution in [1.82, 2.24) is 0 Å². The van der Waals surface area contributed by atoms with E-state index in [1.54, 1.807) is 6.92 Å². The highest BCUT2D eigenvalue weighted by molar-refractivity contribution is 6.67. The van der Waals surface area contributed by atoms with Crippen molar-refractivity contribution in [2.75, 3.05) is 6.61 Å². The first-order chi connectivity index (χ1) is 8.14. The second-order valence-corrected chi connectivity index (χ2v) is 7.10. The molecule has 0 aromatic carbocycles. The summed E-state index contributed by atoms with van der Waals surface area (Å²) >= 11 is 36.9. The zero-order valence-corrected chi connectivity index (χ0v) is 13.4. The Morgan fingerprint density at radius 1 is 1.22 bits per heavy atom. The summed E-state index contributed by atoms with van der Waals surface area (Å²) in [5, 5.41) is -0.0460. The average molecular weight is 371 g/mol. The van der Waals surface area contributed by atoms with Crippen LogP contribution in [0.5, 0.6) is 0 Å². The van der Waals surface area contributed by atoms with Gasteiger partial charge in [0.05, 0.1) is 22.2 Å². The molecular formula is C10H6Cl6O2. The maximum absolute atomic E-state index is 11.8. The second-order valence-electron chi connectivity index (χ2n) is 3.85. The van der Waals surface area contributed by atoms with Crippen LogP contribution in [-0.2, 0) is 9.53 Å². The number of carbonyl (C=O) groups excluding carboxylic acids is 1. The Balaban J connectivity index is 2.59. The third-order valence-corrected chi connectivity index (χ3v) is 6.97. The highest BCUT2D eigenvalue weighted by atomic mass is 35.5. The van der Waals surface area contributed by atoms with Crippen LogP contribution in [0.4, 0.5) is 0 Å². The van der Waals surface area contributed by atoms with Gasteiger partial charge in [-0.2, -0.15) is 0 Å². The number of carbonyl (C=O) groups is 1. The molecule has 2 aliphatic carbocycles. The average Bonchev–Trinajstić information content (AvgIpc) is 2.51. The van der Waals surface area contributed by atoms with Crippen molar-refractivity contribution in [2.45, 2.75) is 21.0 Å². The highest BCUT2D eigenvalue weighted by Gasteiger charge is 2.76. The molecule has 0 radical (unpaired) electrons. The molecule has 0 amide bonds. The summed E-state index contributed by atoms with van der Waals surface area (Å²) in [5.41, 5.74) is 0.000386. The van der Waals surface area contributed by atoms with E-state index in [0.29, 0.717) is 0 Å². The summed E-state index contributed by atoms with van der Waals surface area (Å²) in [7, 11) is 0. The van der Waals surface area contributed by atoms with E-state index in [0.717, 1.165) is 0 Å². The van der Waals surface area contributed by atoms with E-state index in [4.69, 9.17) is 74.3 Å². The highest BCUT2D eigenvalue weighted by Crippen LogP contribution is 2.71. The molecule has 0 aromatic heterocycles. The molecule has 0 unspecified atom stereocenters. The zero-order chi connectivity index (χ0) is 13.9. The predicted octanol–water partition coefficient (Wildman–Crippen LogP) is 4.32. The van der Waals surface area contributed by atoms with Crippen LogP contribution in [0.1, 0.15) is 6.92 Å². The van der Waals surface area contributed by atoms with Gasteiger partial charge in [0.15, 0.2) is 4.33 Å². The monoisotopic (exact) mass is 368 g/mol. The topological polar surface area (TPSA) is 26.3 Å². The van der Waals surface area contributed by atoms with Crippen LogP contribution >= 0.6 is 69.6 Å². The van der Waals surface area contributed by atoms with Crippen LogP contribution in [-0.4, -0.2) is 26.7 Å². The molecule has 0 N–H and O–H groups in total. The van der Waals surface area contributed by atoms with E-state index in [9.17, 15) is 4.79 Å². The fourth-order valence-corrected chi connectivity index (χ4v) is 4.47. The van der Waals surface area contributed by atoms with E-state index in [1.807, 2.05) is 0 Å². The number of fused-ring (bicyclic) bond motifs is 2. The molecule has 0 spiro atoms. The Labute approximate surface area is 134 Å². The third kappa shape index (κ3) is 1.48. The van der Waals surface area contributed by atoms with Gasteiger partial charge in [-0.05, 0) is 13.0 Å². The number of rotatable bonds is 2. The van der Waals surface area contributed by atoms with Crippen LogP contribution < -0.4 is 0 Å². The van der Waals surface area contributed by atoms with E-state index in [1.165, 1.54) is 6.08 Å². The van der Waals surface area contributed by atoms with Gasteiger partial charge in [0, 0.05) is 0 Å². The van der Waals surface area contributed by atoms with Crippen LogP contribution in [0.2, 0.25) is 0 Å². The Kier molecular flexibility index (Phi) is 3.64. The van der Waals surface area contributed by atoms with Gasteiger partial charge in [0.2, 0.25) is 0 Å². The molecular weight excluding hydrogens is 365 g/mol. The van der Waals surface area contributed by atoms with Gasteiger partial charge in [0.1, 0.15) is 9.75 Å². The Bertz CT molecular complexity index is 497. The Morgan fingerprint density at radius 3 is 2.17 bits per heavy atom. The first-order valence-electron chi connectivity index (χ1n) is 4.87. The summed E-state index contributed by atoms with van der Waals surface area (Å²) in [6.07, 6.45) is 1.30. The number of hydrogen-bond donors (Lipinski definition) is 0. The predicted molar refractivity (Wildman–Crippen MR) is 75.1 cm³/mol. The van der Waals surface area contributed by atoms with Crippen molar-refractivity contribution in [3.63, 3.8) is 0 Å². The van der Waals surface area contributed by atoms with Crippen LogP contribution in [0.15, 0.2) is 21.7 Å². The van der Waals surface area contributed by atoms with Gasteiger partial charge in [-0.15, -0.1) is 23.2 Å². The molecule has 2 aliphatic rings. The minimum Gasteiger partial charge on any atom is -0.463 e. The SMILES string of the molecule is CCOC(=O)C1=C[C@@]2(Cl)C(Cl)=C(Cl)[C@]1(Cl)C2(Cl)Cl. The Hall–Kier alpha value is 0.690. The lowest BCUT2D eigenvalue weighted by molar-refractivity contribution is -0.138. The van der Waals surface area contributed by atoms with E-state index in [2.05, 4.69) is 0 Å². The van der Waals surface area contributed by atoms with E-state index < -0.39 is 20.1 Å². The summed E-state index contributed by atoms with van der Waals surface area (Å²) in [6, 6.07) is 0. The number of halogens is 6. The minimum atomic E-state index is -1.76. The second kappa shape index (κ2) is 4.34. The lowest BCUT2D eigenvalue weighted by Crippen LogP contribution is -2.45. The molecule has 2 atom stereocenters. The van der Waals surface area contributed by atoms with Gasteiger partial charge in [0.25, 0.3) is 0 Å². The molecule has 0 fully saturated rings. The molecule has 0 aromatic rings. The number of ether oxygens (including phenoxy) is 1. The maximum Gasteiger partial charge on any atom is 0.336 e. The third-order valence-electron chi connectivity index (χ3n) is 2.91. The molecule has 0 aliphatic heterocycles. The fourth-order valence-electron chi connectivity index (χ4n) is 1.99.